The fourth-order valence-electron chi connectivity index (χ4n) is 4.19. The van der Waals surface area contributed by atoms with E-state index < -0.39 is 13.9 Å². The van der Waals surface area contributed by atoms with Crippen molar-refractivity contribution in [3.05, 3.63) is 11.6 Å². The van der Waals surface area contributed by atoms with E-state index in [9.17, 15) is 5.11 Å². The van der Waals surface area contributed by atoms with Crippen molar-refractivity contribution in [2.24, 2.45) is 5.92 Å². The van der Waals surface area contributed by atoms with E-state index in [0.717, 1.165) is 19.3 Å². The van der Waals surface area contributed by atoms with Gasteiger partial charge in [-0.15, -0.1) is 23.5 Å². The van der Waals surface area contributed by atoms with Crippen molar-refractivity contribution in [1.29, 1.82) is 0 Å². The van der Waals surface area contributed by atoms with E-state index in [1.165, 1.54) is 23.5 Å². The highest BCUT2D eigenvalue weighted by Gasteiger charge is 2.65. The second kappa shape index (κ2) is 6.33. The molecule has 0 bridgehead atoms. The third-order valence-corrected chi connectivity index (χ3v) is 14.7. The molecule has 5 heteroatoms. The number of fused-ring (bicyclic) bond motifs is 2. The molecule has 3 atom stereocenters. The van der Waals surface area contributed by atoms with Crippen LogP contribution in [0, 0.1) is 5.92 Å². The fourth-order valence-corrected chi connectivity index (χ4v) is 9.25. The van der Waals surface area contributed by atoms with Gasteiger partial charge < -0.3 is 9.53 Å². The Labute approximate surface area is 157 Å². The average molecular weight is 387 g/mol. The van der Waals surface area contributed by atoms with Crippen LogP contribution < -0.4 is 0 Å². The first kappa shape index (κ1) is 19.3. The Bertz CT molecular complexity index is 520. The van der Waals surface area contributed by atoms with Crippen molar-refractivity contribution >= 4 is 31.8 Å². The first-order valence-corrected chi connectivity index (χ1v) is 14.3. The maximum Gasteiger partial charge on any atom is 0.192 e. The Kier molecular flexibility index (Phi) is 5.10. The van der Waals surface area contributed by atoms with Gasteiger partial charge in [0.05, 0.1) is 10.2 Å². The Morgan fingerprint density at radius 1 is 1.25 bits per heavy atom. The molecule has 1 saturated heterocycles. The highest BCUT2D eigenvalue weighted by atomic mass is 32.2. The van der Waals surface area contributed by atoms with Gasteiger partial charge >= 0.3 is 0 Å². The molecular weight excluding hydrogens is 352 g/mol. The number of aliphatic hydroxyl groups is 1. The number of allylic oxidation sites excluding steroid dienone is 1. The molecule has 0 unspecified atom stereocenters. The zero-order chi connectivity index (χ0) is 17.8. The van der Waals surface area contributed by atoms with Gasteiger partial charge in [-0.05, 0) is 62.2 Å². The summed E-state index contributed by atoms with van der Waals surface area (Å²) in [7, 11) is -1.83. The summed E-state index contributed by atoms with van der Waals surface area (Å²) in [5.74, 6) is 2.59. The van der Waals surface area contributed by atoms with Gasteiger partial charge in [-0.1, -0.05) is 32.4 Å². The van der Waals surface area contributed by atoms with Gasteiger partial charge in [0.2, 0.25) is 0 Å². The maximum atomic E-state index is 11.8. The van der Waals surface area contributed by atoms with E-state index in [0.29, 0.717) is 0 Å². The van der Waals surface area contributed by atoms with Crippen LogP contribution in [-0.4, -0.2) is 40.7 Å². The lowest BCUT2D eigenvalue weighted by Crippen LogP contribution is -2.51. The third kappa shape index (κ3) is 3.06. The molecule has 3 aliphatic rings. The molecule has 1 heterocycles. The van der Waals surface area contributed by atoms with Crippen LogP contribution >= 0.6 is 23.5 Å². The lowest BCUT2D eigenvalue weighted by Gasteiger charge is -2.46. The molecule has 0 aromatic carbocycles. The van der Waals surface area contributed by atoms with E-state index in [1.807, 2.05) is 23.5 Å². The van der Waals surface area contributed by atoms with Crippen LogP contribution in [0.4, 0.5) is 0 Å². The Hall–Kier alpha value is 0.577. The first-order valence-electron chi connectivity index (χ1n) is 9.37. The molecule has 2 aliphatic carbocycles. The molecule has 2 fully saturated rings. The molecule has 24 heavy (non-hydrogen) atoms. The number of rotatable bonds is 2. The van der Waals surface area contributed by atoms with Crippen molar-refractivity contribution < 1.29 is 9.53 Å². The van der Waals surface area contributed by atoms with Gasteiger partial charge in [-0.25, -0.2) is 0 Å². The quantitative estimate of drug-likeness (QED) is 0.506. The lowest BCUT2D eigenvalue weighted by molar-refractivity contribution is 0.00344. The minimum Gasteiger partial charge on any atom is -0.413 e. The Morgan fingerprint density at radius 2 is 1.88 bits per heavy atom. The molecule has 1 saturated carbocycles. The van der Waals surface area contributed by atoms with Crippen LogP contribution in [0.3, 0.4) is 0 Å². The predicted octanol–water partition coefficient (Wildman–Crippen LogP) is 5.43. The van der Waals surface area contributed by atoms with E-state index >= 15 is 0 Å². The molecule has 0 aromatic heterocycles. The molecule has 1 spiro atoms. The molecule has 0 radical (unpaired) electrons. The zero-order valence-corrected chi connectivity index (χ0v) is 18.8. The lowest BCUT2D eigenvalue weighted by atomic mass is 9.79. The van der Waals surface area contributed by atoms with E-state index in [-0.39, 0.29) is 21.1 Å². The van der Waals surface area contributed by atoms with Gasteiger partial charge in [0.1, 0.15) is 5.60 Å². The normalized spacial score (nSPS) is 36.5. The van der Waals surface area contributed by atoms with Crippen LogP contribution in [0.15, 0.2) is 11.6 Å². The molecule has 0 aromatic rings. The second-order valence-electron chi connectivity index (χ2n) is 9.39. The largest absolute Gasteiger partial charge is 0.413 e. The highest BCUT2D eigenvalue weighted by molar-refractivity contribution is 8.19. The van der Waals surface area contributed by atoms with Gasteiger partial charge in [-0.2, -0.15) is 0 Å². The van der Waals surface area contributed by atoms with Gasteiger partial charge in [-0.3, -0.25) is 0 Å². The number of thioether (sulfide) groups is 2. The van der Waals surface area contributed by atoms with Gasteiger partial charge in [0.25, 0.3) is 0 Å². The van der Waals surface area contributed by atoms with Crippen molar-refractivity contribution in [3.63, 3.8) is 0 Å². The van der Waals surface area contributed by atoms with E-state index in [1.54, 1.807) is 0 Å². The summed E-state index contributed by atoms with van der Waals surface area (Å²) in [6.45, 7) is 13.8. The summed E-state index contributed by atoms with van der Waals surface area (Å²) in [6.07, 6.45) is 6.85. The summed E-state index contributed by atoms with van der Waals surface area (Å²) in [4.78, 5) is 0. The molecule has 138 valence electrons. The second-order valence-corrected chi connectivity index (χ2v) is 17.2. The predicted molar refractivity (Wildman–Crippen MR) is 110 cm³/mol. The summed E-state index contributed by atoms with van der Waals surface area (Å²) < 4.78 is 6.79. The summed E-state index contributed by atoms with van der Waals surface area (Å²) in [5, 5.41) is 12.1. The molecule has 1 N–H and O–H groups in total. The number of hydrogen-bond acceptors (Lipinski definition) is 4. The monoisotopic (exact) mass is 386 g/mol. The van der Waals surface area contributed by atoms with E-state index in [2.05, 4.69) is 46.9 Å². The zero-order valence-electron chi connectivity index (χ0n) is 16.1. The van der Waals surface area contributed by atoms with Crippen molar-refractivity contribution in [3.8, 4) is 0 Å². The van der Waals surface area contributed by atoms with Crippen LogP contribution in [0.25, 0.3) is 0 Å². The Balaban J connectivity index is 1.94. The average Bonchev–Trinajstić information content (AvgIpc) is 2.66. The van der Waals surface area contributed by atoms with Crippen molar-refractivity contribution in [2.75, 3.05) is 11.5 Å². The van der Waals surface area contributed by atoms with Gasteiger partial charge in [0, 0.05) is 5.92 Å². The van der Waals surface area contributed by atoms with Crippen LogP contribution in [0.5, 0.6) is 0 Å². The molecule has 3 rings (SSSR count). The summed E-state index contributed by atoms with van der Waals surface area (Å²) >= 11 is 4.00. The molecular formula is C19H34O2S2Si. The fraction of sp³-hybridized carbons (Fsp3) is 0.895. The standard InChI is InChI=1S/C19H34O2S2Si/c1-14-8-9-15-16(21-24(5,6)17(2,3)4)13-19(18(15,20)12-14)22-10-7-11-23-19/h12,15-16,20H,7-11,13H2,1-6H3/t15-,16-,18+/m0/s1. The van der Waals surface area contributed by atoms with Crippen LogP contribution in [0.2, 0.25) is 18.1 Å². The summed E-state index contributed by atoms with van der Waals surface area (Å²) in [5.41, 5.74) is 0.658. The van der Waals surface area contributed by atoms with Gasteiger partial charge in [0.15, 0.2) is 8.32 Å². The minimum absolute atomic E-state index is 0.0926. The van der Waals surface area contributed by atoms with Crippen LogP contribution in [-0.2, 0) is 4.43 Å². The topological polar surface area (TPSA) is 29.5 Å². The smallest absolute Gasteiger partial charge is 0.192 e. The minimum atomic E-state index is -1.83. The van der Waals surface area contributed by atoms with Crippen molar-refractivity contribution in [1.82, 2.24) is 0 Å². The maximum absolute atomic E-state index is 11.8. The van der Waals surface area contributed by atoms with Crippen LogP contribution in [0.1, 0.15) is 53.4 Å². The first-order chi connectivity index (χ1) is 11.0. The van der Waals surface area contributed by atoms with E-state index in [4.69, 9.17) is 4.43 Å². The van der Waals surface area contributed by atoms with Crippen molar-refractivity contribution in [2.45, 2.75) is 87.3 Å². The molecule has 1 aliphatic heterocycles. The SMILES string of the molecule is CC1=C[C@@]2(O)[C@@H](CC1)[C@@H](O[Si](C)(C)C(C)(C)C)CC21SCCCS1. The molecule has 2 nitrogen and oxygen atoms in total. The Morgan fingerprint density at radius 3 is 2.46 bits per heavy atom. The molecule has 0 amide bonds. The third-order valence-electron chi connectivity index (χ3n) is 6.62. The number of hydrogen-bond donors (Lipinski definition) is 1. The highest BCUT2D eigenvalue weighted by Crippen LogP contribution is 2.64. The summed E-state index contributed by atoms with van der Waals surface area (Å²) in [6, 6.07) is 0.